The molecule has 0 heterocycles. The van der Waals surface area contributed by atoms with Crippen LogP contribution < -0.4 is 4.90 Å². The average Bonchev–Trinajstić information content (AvgIpc) is 3.52. The van der Waals surface area contributed by atoms with Gasteiger partial charge in [-0.3, -0.25) is 0 Å². The number of nitrogens with zero attached hydrogens (tertiary/aromatic N) is 1. The van der Waals surface area contributed by atoms with Crippen molar-refractivity contribution in [1.29, 1.82) is 0 Å². The van der Waals surface area contributed by atoms with Crippen LogP contribution >= 0.6 is 0 Å². The molecule has 10 aromatic carbocycles. The summed E-state index contributed by atoms with van der Waals surface area (Å²) in [6.07, 6.45) is 0. The first-order chi connectivity index (χ1) is 28.5. The Morgan fingerprint density at radius 2 is 0.862 bits per heavy atom. The predicted octanol–water partition coefficient (Wildman–Crippen LogP) is 15.9. The quantitative estimate of drug-likeness (QED) is 0.164. The molecule has 0 unspecified atom stereocenters. The molecule has 0 radical (unpaired) electrons. The van der Waals surface area contributed by atoms with Gasteiger partial charge < -0.3 is 4.90 Å². The SMILES string of the molecule is CC1(C)c2ccccc2-c2c1ccc1cccc(N(c3ccc(-c4cccc5cccc(-c6ccccc6)c45)cc3)c3ccc4cc(-c5ccccc5)ccc4c3)c21. The van der Waals surface area contributed by atoms with Gasteiger partial charge in [0.15, 0.2) is 0 Å². The van der Waals surface area contributed by atoms with Crippen molar-refractivity contribution < 1.29 is 0 Å². The molecule has 274 valence electrons. The van der Waals surface area contributed by atoms with Crippen molar-refractivity contribution in [3.63, 3.8) is 0 Å². The second-order valence-corrected chi connectivity index (χ2v) is 16.1. The molecule has 0 amide bonds. The van der Waals surface area contributed by atoms with Crippen LogP contribution in [0.5, 0.6) is 0 Å². The van der Waals surface area contributed by atoms with E-state index in [9.17, 15) is 0 Å². The summed E-state index contributed by atoms with van der Waals surface area (Å²) in [5.74, 6) is 0. The normalized spacial score (nSPS) is 12.8. The number of hydrogen-bond acceptors (Lipinski definition) is 1. The molecule has 1 nitrogen and oxygen atoms in total. The summed E-state index contributed by atoms with van der Waals surface area (Å²) in [5.41, 5.74) is 16.1. The molecule has 11 rings (SSSR count). The number of anilines is 3. The monoisotopic (exact) mass is 739 g/mol. The van der Waals surface area contributed by atoms with Gasteiger partial charge in [-0.2, -0.15) is 0 Å². The lowest BCUT2D eigenvalue weighted by Gasteiger charge is -2.29. The van der Waals surface area contributed by atoms with E-state index in [0.29, 0.717) is 0 Å². The Bertz CT molecular complexity index is 3170. The van der Waals surface area contributed by atoms with Crippen molar-refractivity contribution in [1.82, 2.24) is 0 Å². The fourth-order valence-corrected chi connectivity index (χ4v) is 9.58. The van der Waals surface area contributed by atoms with Gasteiger partial charge in [0, 0.05) is 22.2 Å². The second-order valence-electron chi connectivity index (χ2n) is 16.1. The van der Waals surface area contributed by atoms with E-state index in [4.69, 9.17) is 0 Å². The van der Waals surface area contributed by atoms with Gasteiger partial charge in [-0.05, 0) is 119 Å². The van der Waals surface area contributed by atoms with Gasteiger partial charge in [-0.25, -0.2) is 0 Å². The van der Waals surface area contributed by atoms with E-state index in [0.717, 1.165) is 11.4 Å². The maximum absolute atomic E-state index is 2.48. The van der Waals surface area contributed by atoms with Crippen LogP contribution in [0.2, 0.25) is 0 Å². The van der Waals surface area contributed by atoms with Crippen LogP contribution in [0.25, 0.3) is 76.8 Å². The molecule has 0 saturated carbocycles. The van der Waals surface area contributed by atoms with Crippen molar-refractivity contribution in [3.8, 4) is 44.5 Å². The summed E-state index contributed by atoms with van der Waals surface area (Å²) in [7, 11) is 0. The lowest BCUT2D eigenvalue weighted by Crippen LogP contribution is -2.15. The first kappa shape index (κ1) is 34.1. The lowest BCUT2D eigenvalue weighted by molar-refractivity contribution is 0.661. The highest BCUT2D eigenvalue weighted by atomic mass is 15.1. The van der Waals surface area contributed by atoms with Gasteiger partial charge in [-0.1, -0.05) is 190 Å². The average molecular weight is 740 g/mol. The van der Waals surface area contributed by atoms with Crippen LogP contribution in [0.1, 0.15) is 25.0 Å². The molecular weight excluding hydrogens is 699 g/mol. The third-order valence-electron chi connectivity index (χ3n) is 12.4. The molecule has 0 fully saturated rings. The standard InChI is InChI=1S/C57H41N/c1-57(2)51-24-10-9-21-50(51)56-52(57)35-31-42-20-13-25-53(55(42)56)58(47-34-30-44-36-43(26-27-45(44)37-47)38-14-5-3-6-15-38)46-32-28-40(29-33-46)49-23-12-19-41-18-11-22-48(54(41)49)39-16-7-4-8-17-39/h3-37H,1-2H3. The molecule has 0 spiro atoms. The van der Waals surface area contributed by atoms with E-state index in [1.54, 1.807) is 0 Å². The molecule has 58 heavy (non-hydrogen) atoms. The summed E-state index contributed by atoms with van der Waals surface area (Å²) in [6, 6.07) is 78.2. The summed E-state index contributed by atoms with van der Waals surface area (Å²) < 4.78 is 0. The summed E-state index contributed by atoms with van der Waals surface area (Å²) in [4.78, 5) is 2.48. The fraction of sp³-hybridized carbons (Fsp3) is 0.0526. The smallest absolute Gasteiger partial charge is 0.0546 e. The fourth-order valence-electron chi connectivity index (χ4n) is 9.58. The zero-order valence-electron chi connectivity index (χ0n) is 32.7. The molecule has 1 heteroatoms. The lowest BCUT2D eigenvalue weighted by atomic mass is 9.82. The van der Waals surface area contributed by atoms with Gasteiger partial charge in [0.05, 0.1) is 5.69 Å². The van der Waals surface area contributed by atoms with E-state index in [-0.39, 0.29) is 5.41 Å². The largest absolute Gasteiger partial charge is 0.310 e. The Kier molecular flexibility index (Phi) is 7.91. The van der Waals surface area contributed by atoms with Crippen LogP contribution in [0.15, 0.2) is 212 Å². The van der Waals surface area contributed by atoms with E-state index < -0.39 is 0 Å². The Balaban J connectivity index is 1.11. The highest BCUT2D eigenvalue weighted by Gasteiger charge is 2.37. The van der Waals surface area contributed by atoms with Crippen molar-refractivity contribution >= 4 is 49.4 Å². The minimum absolute atomic E-state index is 0.101. The van der Waals surface area contributed by atoms with Crippen molar-refractivity contribution in [3.05, 3.63) is 223 Å². The van der Waals surface area contributed by atoms with Crippen LogP contribution in [0, 0.1) is 0 Å². The second kappa shape index (κ2) is 13.5. The number of benzene rings is 10. The first-order valence-corrected chi connectivity index (χ1v) is 20.3. The number of fused-ring (bicyclic) bond motifs is 7. The zero-order valence-corrected chi connectivity index (χ0v) is 32.7. The van der Waals surface area contributed by atoms with E-state index in [1.165, 1.54) is 93.6 Å². The van der Waals surface area contributed by atoms with E-state index >= 15 is 0 Å². The van der Waals surface area contributed by atoms with Crippen molar-refractivity contribution in [2.24, 2.45) is 0 Å². The van der Waals surface area contributed by atoms with Crippen LogP contribution in [-0.4, -0.2) is 0 Å². The molecule has 0 atom stereocenters. The molecule has 0 bridgehead atoms. The molecule has 0 aliphatic heterocycles. The van der Waals surface area contributed by atoms with E-state index in [1.807, 2.05) is 0 Å². The van der Waals surface area contributed by atoms with Crippen molar-refractivity contribution in [2.45, 2.75) is 19.3 Å². The molecule has 0 N–H and O–H groups in total. The topological polar surface area (TPSA) is 3.24 Å². The van der Waals surface area contributed by atoms with Gasteiger partial charge >= 0.3 is 0 Å². The first-order valence-electron chi connectivity index (χ1n) is 20.3. The molecule has 0 aromatic heterocycles. The van der Waals surface area contributed by atoms with Crippen LogP contribution in [0.3, 0.4) is 0 Å². The minimum Gasteiger partial charge on any atom is -0.310 e. The maximum Gasteiger partial charge on any atom is 0.0546 e. The van der Waals surface area contributed by atoms with E-state index in [2.05, 4.69) is 231 Å². The highest BCUT2D eigenvalue weighted by molar-refractivity contribution is 6.12. The summed E-state index contributed by atoms with van der Waals surface area (Å²) in [6.45, 7) is 4.73. The zero-order chi connectivity index (χ0) is 38.8. The Labute approximate surface area is 340 Å². The van der Waals surface area contributed by atoms with Crippen LogP contribution in [0.4, 0.5) is 17.1 Å². The molecule has 1 aliphatic rings. The van der Waals surface area contributed by atoms with Gasteiger partial charge in [-0.15, -0.1) is 0 Å². The highest BCUT2D eigenvalue weighted by Crippen LogP contribution is 2.54. The van der Waals surface area contributed by atoms with Gasteiger partial charge in [0.2, 0.25) is 0 Å². The summed E-state index contributed by atoms with van der Waals surface area (Å²) in [5, 5.41) is 7.46. The number of rotatable bonds is 6. The minimum atomic E-state index is -0.101. The predicted molar refractivity (Wildman–Crippen MR) is 248 cm³/mol. The number of hydrogen-bond donors (Lipinski definition) is 0. The van der Waals surface area contributed by atoms with Gasteiger partial charge in [0.1, 0.15) is 0 Å². The molecule has 1 aliphatic carbocycles. The Hall–Kier alpha value is -7.22. The third kappa shape index (κ3) is 5.46. The molecule has 10 aromatic rings. The maximum atomic E-state index is 2.48. The Morgan fingerprint density at radius 1 is 0.328 bits per heavy atom. The molecule has 0 saturated heterocycles. The Morgan fingerprint density at radius 3 is 1.60 bits per heavy atom. The van der Waals surface area contributed by atoms with Gasteiger partial charge in [0.25, 0.3) is 0 Å². The van der Waals surface area contributed by atoms with Crippen LogP contribution in [-0.2, 0) is 5.41 Å². The third-order valence-corrected chi connectivity index (χ3v) is 12.4. The van der Waals surface area contributed by atoms with Crippen molar-refractivity contribution in [2.75, 3.05) is 4.90 Å². The summed E-state index contributed by atoms with van der Waals surface area (Å²) >= 11 is 0. The molecular formula is C57H41N.